The van der Waals surface area contributed by atoms with Crippen molar-refractivity contribution in [2.24, 2.45) is 0 Å². The molecule has 9 aromatic rings. The van der Waals surface area contributed by atoms with Gasteiger partial charge in [0, 0.05) is 32.8 Å². The Hall–Kier alpha value is -7.39. The predicted octanol–water partition coefficient (Wildman–Crippen LogP) is 10.8. The molecular weight excluding hydrogens is 611 g/mol. The molecule has 50 heavy (non-hydrogen) atoms. The molecule has 0 aliphatic heterocycles. The maximum atomic E-state index is 10.5. The Morgan fingerprint density at radius 2 is 1.06 bits per heavy atom. The van der Waals surface area contributed by atoms with Crippen LogP contribution in [0.4, 0.5) is 0 Å². The lowest BCUT2D eigenvalue weighted by molar-refractivity contribution is 1.18. The molecule has 0 amide bonds. The van der Waals surface area contributed by atoms with Gasteiger partial charge >= 0.3 is 0 Å². The lowest BCUT2D eigenvalue weighted by atomic mass is 9.94. The van der Waals surface area contributed by atoms with Gasteiger partial charge in [0.2, 0.25) is 0 Å². The van der Waals surface area contributed by atoms with Gasteiger partial charge in [-0.25, -0.2) is 0 Å². The number of nitrogens with zero attached hydrogens (tertiary/aromatic N) is 5. The Kier molecular flexibility index (Phi) is 6.56. The zero-order valence-electron chi connectivity index (χ0n) is 26.7. The van der Waals surface area contributed by atoms with Crippen molar-refractivity contribution < 1.29 is 0 Å². The van der Waals surface area contributed by atoms with Crippen molar-refractivity contribution in [3.8, 4) is 51.8 Å². The van der Waals surface area contributed by atoms with Gasteiger partial charge in [-0.3, -0.25) is 0 Å². The second kappa shape index (κ2) is 11.4. The lowest BCUT2D eigenvalue weighted by Gasteiger charge is -2.15. The van der Waals surface area contributed by atoms with E-state index in [0.29, 0.717) is 16.7 Å². The summed E-state index contributed by atoms with van der Waals surface area (Å²) in [7, 11) is 0. The van der Waals surface area contributed by atoms with Crippen molar-refractivity contribution in [2.45, 2.75) is 0 Å². The highest BCUT2D eigenvalue weighted by atomic mass is 15.0. The molecule has 230 valence electrons. The van der Waals surface area contributed by atoms with Crippen LogP contribution in [0.1, 0.15) is 16.7 Å². The summed E-state index contributed by atoms with van der Waals surface area (Å²) in [5.74, 6) is 0. The monoisotopic (exact) mass is 635 g/mol. The minimum Gasteiger partial charge on any atom is -0.309 e. The second-order valence-corrected chi connectivity index (χ2v) is 12.3. The third-order valence-corrected chi connectivity index (χ3v) is 9.63. The Morgan fingerprint density at radius 1 is 0.400 bits per heavy atom. The van der Waals surface area contributed by atoms with Crippen molar-refractivity contribution >= 4 is 43.6 Å². The van der Waals surface area contributed by atoms with Gasteiger partial charge in [0.25, 0.3) is 0 Å². The highest BCUT2D eigenvalue weighted by molar-refractivity contribution is 6.12. The summed E-state index contributed by atoms with van der Waals surface area (Å²) in [6.45, 7) is 0. The molecule has 0 aliphatic rings. The molecule has 2 heterocycles. The van der Waals surface area contributed by atoms with Crippen molar-refractivity contribution in [1.29, 1.82) is 15.8 Å². The van der Waals surface area contributed by atoms with Gasteiger partial charge in [-0.1, -0.05) is 84.9 Å². The quantitative estimate of drug-likeness (QED) is 0.193. The van der Waals surface area contributed by atoms with E-state index in [4.69, 9.17) is 0 Å². The Balaban J connectivity index is 1.19. The van der Waals surface area contributed by atoms with Crippen LogP contribution in [0, 0.1) is 34.0 Å². The summed E-state index contributed by atoms with van der Waals surface area (Å²) in [4.78, 5) is 0. The lowest BCUT2D eigenvalue weighted by Crippen LogP contribution is -1.98. The van der Waals surface area contributed by atoms with Crippen molar-refractivity contribution in [1.82, 2.24) is 9.13 Å². The van der Waals surface area contributed by atoms with Crippen LogP contribution in [0.5, 0.6) is 0 Å². The van der Waals surface area contributed by atoms with Crippen LogP contribution < -0.4 is 0 Å². The third kappa shape index (κ3) is 4.31. The molecular formula is C45H25N5. The molecule has 7 aromatic carbocycles. The summed E-state index contributed by atoms with van der Waals surface area (Å²) < 4.78 is 4.44. The van der Waals surface area contributed by atoms with Crippen LogP contribution in [-0.2, 0) is 0 Å². The number of hydrogen-bond donors (Lipinski definition) is 0. The van der Waals surface area contributed by atoms with Gasteiger partial charge in [0.05, 0.1) is 62.7 Å². The topological polar surface area (TPSA) is 81.2 Å². The summed E-state index contributed by atoms with van der Waals surface area (Å²) in [6.07, 6.45) is 0. The molecule has 0 unspecified atom stereocenters. The van der Waals surface area contributed by atoms with Crippen LogP contribution >= 0.6 is 0 Å². The number of aromatic nitrogens is 2. The number of nitriles is 3. The van der Waals surface area contributed by atoms with E-state index < -0.39 is 0 Å². The average molecular weight is 636 g/mol. The number of fused-ring (bicyclic) bond motifs is 6. The zero-order valence-corrected chi connectivity index (χ0v) is 26.7. The summed E-state index contributed by atoms with van der Waals surface area (Å²) in [5, 5.41) is 34.2. The molecule has 2 aromatic heterocycles. The van der Waals surface area contributed by atoms with E-state index in [1.165, 1.54) is 10.8 Å². The molecule has 0 aliphatic carbocycles. The molecule has 0 bridgehead atoms. The van der Waals surface area contributed by atoms with Gasteiger partial charge in [-0.05, 0) is 83.4 Å². The summed E-state index contributed by atoms with van der Waals surface area (Å²) in [6, 6.07) is 57.9. The fourth-order valence-corrected chi connectivity index (χ4v) is 7.47. The maximum Gasteiger partial charge on any atom is 0.0998 e. The fraction of sp³-hybridized carbons (Fsp3) is 0. The van der Waals surface area contributed by atoms with Gasteiger partial charge in [-0.2, -0.15) is 15.8 Å². The second-order valence-electron chi connectivity index (χ2n) is 12.3. The molecule has 0 saturated carbocycles. The number of para-hydroxylation sites is 3. The molecule has 0 N–H and O–H groups in total. The minimum atomic E-state index is 0.538. The van der Waals surface area contributed by atoms with Crippen LogP contribution in [-0.4, -0.2) is 9.13 Å². The summed E-state index contributed by atoms with van der Waals surface area (Å²) in [5.41, 5.74) is 11.4. The average Bonchev–Trinajstić information content (AvgIpc) is 3.70. The Bertz CT molecular complexity index is 2920. The molecule has 0 fully saturated rings. The van der Waals surface area contributed by atoms with Gasteiger partial charge in [-0.15, -0.1) is 0 Å². The van der Waals surface area contributed by atoms with E-state index in [1.807, 2.05) is 66.7 Å². The van der Waals surface area contributed by atoms with Crippen LogP contribution in [0.25, 0.3) is 77.2 Å². The SMILES string of the molecule is N#Cc1ccc2c(c1)c1c(C#N)cccc1n2-c1cccc(-c2ccc(-c3ccccc3-n3c4ccccc4c4ccccc43)cc2C#N)c1. The van der Waals surface area contributed by atoms with Gasteiger partial charge in [0.15, 0.2) is 0 Å². The van der Waals surface area contributed by atoms with Crippen LogP contribution in [0.2, 0.25) is 0 Å². The fourth-order valence-electron chi connectivity index (χ4n) is 7.47. The molecule has 5 nitrogen and oxygen atoms in total. The first kappa shape index (κ1) is 28.8. The van der Waals surface area contributed by atoms with E-state index in [2.05, 4.69) is 106 Å². The van der Waals surface area contributed by atoms with Crippen molar-refractivity contribution in [3.63, 3.8) is 0 Å². The predicted molar refractivity (Wildman–Crippen MR) is 200 cm³/mol. The normalized spacial score (nSPS) is 11.1. The van der Waals surface area contributed by atoms with Crippen molar-refractivity contribution in [2.75, 3.05) is 0 Å². The largest absolute Gasteiger partial charge is 0.309 e. The van der Waals surface area contributed by atoms with Crippen LogP contribution in [0.15, 0.2) is 152 Å². The minimum absolute atomic E-state index is 0.538. The highest BCUT2D eigenvalue weighted by Gasteiger charge is 2.18. The zero-order chi connectivity index (χ0) is 33.8. The third-order valence-electron chi connectivity index (χ3n) is 9.63. The van der Waals surface area contributed by atoms with E-state index in [9.17, 15) is 15.8 Å². The number of rotatable bonds is 4. The molecule has 5 heteroatoms. The Morgan fingerprint density at radius 3 is 1.82 bits per heavy atom. The highest BCUT2D eigenvalue weighted by Crippen LogP contribution is 2.39. The van der Waals surface area contributed by atoms with Crippen LogP contribution in [0.3, 0.4) is 0 Å². The smallest absolute Gasteiger partial charge is 0.0998 e. The number of benzene rings is 7. The Labute approximate surface area is 287 Å². The molecule has 0 atom stereocenters. The molecule has 0 spiro atoms. The first-order chi connectivity index (χ1) is 24.7. The first-order valence-corrected chi connectivity index (χ1v) is 16.3. The van der Waals surface area contributed by atoms with Crippen molar-refractivity contribution in [3.05, 3.63) is 168 Å². The standard InChI is InChI=1S/C45H25N5/c46-26-29-19-22-43-39(23-29)45-32(27-47)10-8-18-44(45)49(43)34-11-7-9-30(25-34)35-21-20-31(24-33(35)28-48)36-12-1-4-15-40(36)50-41-16-5-2-13-37(41)38-14-3-6-17-42(38)50/h1-25H. The van der Waals surface area contributed by atoms with E-state index in [0.717, 1.165) is 66.5 Å². The molecule has 0 radical (unpaired) electrons. The number of hydrogen-bond acceptors (Lipinski definition) is 3. The van der Waals surface area contributed by atoms with E-state index in [-0.39, 0.29) is 0 Å². The van der Waals surface area contributed by atoms with Gasteiger partial charge < -0.3 is 9.13 Å². The maximum absolute atomic E-state index is 10.5. The summed E-state index contributed by atoms with van der Waals surface area (Å²) >= 11 is 0. The van der Waals surface area contributed by atoms with E-state index >= 15 is 0 Å². The molecule has 0 saturated heterocycles. The first-order valence-electron chi connectivity index (χ1n) is 16.3. The molecule has 9 rings (SSSR count). The van der Waals surface area contributed by atoms with E-state index in [1.54, 1.807) is 6.07 Å². The van der Waals surface area contributed by atoms with Gasteiger partial charge in [0.1, 0.15) is 0 Å².